The SMILES string of the molecule is CC(C)(C)CC(C)(C)O.CC(C)(C)CC(C)(C)O.C[C](C)(C)[K]. The summed E-state index contributed by atoms with van der Waals surface area (Å²) in [5.41, 5.74) is -0.562. The van der Waals surface area contributed by atoms with E-state index in [9.17, 15) is 10.2 Å². The maximum absolute atomic E-state index is 9.35. The Balaban J connectivity index is -0.000000273. The molecule has 0 saturated heterocycles. The van der Waals surface area contributed by atoms with Crippen molar-refractivity contribution in [2.24, 2.45) is 10.8 Å². The molecule has 0 spiro atoms. The van der Waals surface area contributed by atoms with Crippen LogP contribution in [0.1, 0.15) is 103 Å². The molecule has 0 unspecified atom stereocenters. The minimum absolute atomic E-state index is 0.234. The molecule has 23 heavy (non-hydrogen) atoms. The quantitative estimate of drug-likeness (QED) is 0.617. The summed E-state index contributed by atoms with van der Waals surface area (Å²) in [7, 11) is 0. The van der Waals surface area contributed by atoms with Gasteiger partial charge in [-0.3, -0.25) is 0 Å². The Hall–Kier alpha value is 1.56. The molecule has 0 aliphatic rings. The zero-order valence-corrected chi connectivity index (χ0v) is 21.9. The van der Waals surface area contributed by atoms with Gasteiger partial charge in [0.15, 0.2) is 0 Å². The van der Waals surface area contributed by atoms with Crippen molar-refractivity contribution in [2.75, 3.05) is 0 Å². The minimum atomic E-state index is -0.516. The van der Waals surface area contributed by atoms with E-state index >= 15 is 0 Å². The molecule has 0 rings (SSSR count). The molecule has 0 aromatic rings. The van der Waals surface area contributed by atoms with Crippen LogP contribution in [0.15, 0.2) is 0 Å². The molecule has 0 heterocycles. The fraction of sp³-hybridized carbons (Fsp3) is 1.00. The normalized spacial score (nSPS) is 13.6. The van der Waals surface area contributed by atoms with Crippen molar-refractivity contribution >= 4 is 49.0 Å². The third-order valence-electron chi connectivity index (χ3n) is 1.93. The average molecular weight is 357 g/mol. The Bertz CT molecular complexity index is 232. The van der Waals surface area contributed by atoms with Gasteiger partial charge in [0.2, 0.25) is 0 Å². The summed E-state index contributed by atoms with van der Waals surface area (Å²) in [5, 5.41) is 18.7. The summed E-state index contributed by atoms with van der Waals surface area (Å²) < 4.78 is 0.688. The molecule has 0 bridgehead atoms. The van der Waals surface area contributed by atoms with Crippen molar-refractivity contribution in [3.05, 3.63) is 0 Å². The number of rotatable bonds is 2. The van der Waals surface area contributed by atoms with Gasteiger partial charge in [0, 0.05) is 0 Å². The molecule has 0 amide bonds. The molecule has 0 radical (unpaired) electrons. The number of hydrogen-bond donors (Lipinski definition) is 2. The van der Waals surface area contributed by atoms with Crippen LogP contribution in [0, 0.1) is 10.8 Å². The van der Waals surface area contributed by atoms with E-state index in [0.29, 0.717) is -0.490 Å². The molecule has 0 aromatic carbocycles. The van der Waals surface area contributed by atoms with E-state index in [2.05, 4.69) is 62.3 Å². The van der Waals surface area contributed by atoms with Gasteiger partial charge in [0.05, 0.1) is 11.2 Å². The van der Waals surface area contributed by atoms with E-state index in [1.807, 2.05) is 27.7 Å². The Morgan fingerprint density at radius 3 is 0.652 bits per heavy atom. The molecule has 0 aliphatic heterocycles. The van der Waals surface area contributed by atoms with Crippen molar-refractivity contribution < 1.29 is 10.2 Å². The van der Waals surface area contributed by atoms with Crippen LogP contribution in [-0.4, -0.2) is 70.4 Å². The maximum atomic E-state index is 9.35. The van der Waals surface area contributed by atoms with Crippen molar-refractivity contribution in [3.63, 3.8) is 0 Å². The molecular weight excluding hydrogens is 311 g/mol. The van der Waals surface area contributed by atoms with E-state index in [-0.39, 0.29) is 10.8 Å². The second-order valence-corrected chi connectivity index (χ2v) is 16.8. The van der Waals surface area contributed by atoms with Crippen LogP contribution in [0.5, 0.6) is 0 Å². The average Bonchev–Trinajstić information content (AvgIpc) is 1.81. The second kappa shape index (κ2) is 10.6. The van der Waals surface area contributed by atoms with Gasteiger partial charge in [0.1, 0.15) is 0 Å². The van der Waals surface area contributed by atoms with Crippen molar-refractivity contribution in [2.45, 2.75) is 114 Å². The summed E-state index contributed by atoms with van der Waals surface area (Å²) >= 11 is 1.00. The predicted octanol–water partition coefficient (Wildman–Crippen LogP) is 5.76. The zero-order chi connectivity index (χ0) is 19.9. The molecular formula is C20H45KO2. The Kier molecular flexibility index (Phi) is 13.6. The first-order chi connectivity index (χ1) is 9.41. The standard InChI is InChI=1S/2C8H18O.C4H9.K/c2*1-7(2,3)6-8(4,5)9;1-4(2)3;/h2*9H,6H2,1-5H3;1-3H3;. The van der Waals surface area contributed by atoms with Crippen LogP contribution < -0.4 is 0 Å². The Morgan fingerprint density at radius 2 is 0.652 bits per heavy atom. The van der Waals surface area contributed by atoms with Crippen molar-refractivity contribution in [1.29, 1.82) is 0 Å². The van der Waals surface area contributed by atoms with Gasteiger partial charge < -0.3 is 10.2 Å². The van der Waals surface area contributed by atoms with Gasteiger partial charge in [-0.1, -0.05) is 41.5 Å². The third kappa shape index (κ3) is 59.6. The van der Waals surface area contributed by atoms with Gasteiger partial charge in [-0.2, -0.15) is 0 Å². The summed E-state index contributed by atoms with van der Waals surface area (Å²) in [5.74, 6) is 0. The molecule has 2 nitrogen and oxygen atoms in total. The molecule has 0 aromatic heterocycles. The fourth-order valence-electron chi connectivity index (χ4n) is 2.60. The monoisotopic (exact) mass is 356 g/mol. The van der Waals surface area contributed by atoms with Gasteiger partial charge in [-0.05, 0) is 51.4 Å². The van der Waals surface area contributed by atoms with E-state index in [4.69, 9.17) is 0 Å². The van der Waals surface area contributed by atoms with Crippen molar-refractivity contribution in [3.8, 4) is 0 Å². The molecule has 0 aliphatic carbocycles. The molecule has 138 valence electrons. The third-order valence-corrected chi connectivity index (χ3v) is 1.93. The van der Waals surface area contributed by atoms with Gasteiger partial charge >= 0.3 is 69.2 Å². The van der Waals surface area contributed by atoms with Crippen LogP contribution >= 0.6 is 0 Å². The van der Waals surface area contributed by atoms with Gasteiger partial charge in [0.25, 0.3) is 0 Å². The summed E-state index contributed by atoms with van der Waals surface area (Å²) in [6, 6.07) is 0. The summed E-state index contributed by atoms with van der Waals surface area (Å²) in [6.45, 7) is 27.0. The van der Waals surface area contributed by atoms with E-state index in [1.54, 1.807) is 0 Å². The second-order valence-electron chi connectivity index (χ2n) is 12.1. The summed E-state index contributed by atoms with van der Waals surface area (Å²) in [4.78, 5) is 0. The van der Waals surface area contributed by atoms with E-state index < -0.39 is 11.2 Å². The van der Waals surface area contributed by atoms with Crippen molar-refractivity contribution in [1.82, 2.24) is 0 Å². The summed E-state index contributed by atoms with van der Waals surface area (Å²) in [6.07, 6.45) is 1.69. The molecule has 3 heteroatoms. The van der Waals surface area contributed by atoms with Crippen LogP contribution in [0.4, 0.5) is 0 Å². The topological polar surface area (TPSA) is 40.5 Å². The van der Waals surface area contributed by atoms with Crippen LogP contribution in [0.25, 0.3) is 0 Å². The first-order valence-electron chi connectivity index (χ1n) is 8.86. The molecule has 2 N–H and O–H groups in total. The number of aliphatic hydroxyl groups is 2. The van der Waals surface area contributed by atoms with E-state index in [0.717, 1.165) is 61.8 Å². The van der Waals surface area contributed by atoms with Crippen LogP contribution in [-0.2, 0) is 0 Å². The van der Waals surface area contributed by atoms with E-state index in [1.165, 1.54) is 0 Å². The Morgan fingerprint density at radius 1 is 0.522 bits per heavy atom. The fourth-order valence-corrected chi connectivity index (χ4v) is 2.60. The van der Waals surface area contributed by atoms with Gasteiger partial charge in [-0.15, -0.1) is 0 Å². The zero-order valence-electron chi connectivity index (χ0n) is 18.8. The molecule has 0 fully saturated rings. The number of hydrogen-bond acceptors (Lipinski definition) is 2. The molecule has 0 saturated carbocycles. The van der Waals surface area contributed by atoms with Crippen LogP contribution in [0.2, 0.25) is -0.490 Å². The Labute approximate surface area is 181 Å². The predicted molar refractivity (Wildman–Crippen MR) is 106 cm³/mol. The van der Waals surface area contributed by atoms with Gasteiger partial charge in [-0.25, -0.2) is 0 Å². The first kappa shape index (κ1) is 29.3. The van der Waals surface area contributed by atoms with Crippen LogP contribution in [0.3, 0.4) is 0 Å². The first-order valence-corrected chi connectivity index (χ1v) is 10.4. The molecule has 0 atom stereocenters.